The molecular formula is C27H33N3O3. The summed E-state index contributed by atoms with van der Waals surface area (Å²) in [5, 5.41) is 11.6. The summed E-state index contributed by atoms with van der Waals surface area (Å²) in [6.45, 7) is 3.23. The first-order valence-corrected chi connectivity index (χ1v) is 11.7. The van der Waals surface area contributed by atoms with Crippen LogP contribution in [0.5, 0.6) is 11.5 Å². The Labute approximate surface area is 194 Å². The molecule has 0 aliphatic rings. The van der Waals surface area contributed by atoms with Crippen LogP contribution in [-0.2, 0) is 6.54 Å². The number of nitrogens with zero attached hydrogens (tertiary/aromatic N) is 1. The Hall–Kier alpha value is -3.06. The molecule has 5 N–H and O–H groups in total. The molecule has 4 rings (SSSR count). The Balaban J connectivity index is 1.77. The number of aryl methyl sites for hydroxylation is 1. The molecule has 1 heterocycles. The van der Waals surface area contributed by atoms with Crippen LogP contribution < -0.4 is 20.9 Å². The molecule has 4 aromatic rings. The van der Waals surface area contributed by atoms with E-state index in [1.165, 1.54) is 21.8 Å². The lowest BCUT2D eigenvalue weighted by Gasteiger charge is -2.13. The van der Waals surface area contributed by atoms with Crippen molar-refractivity contribution in [1.82, 2.24) is 4.57 Å². The highest BCUT2D eigenvalue weighted by Crippen LogP contribution is 2.35. The normalized spacial score (nSPS) is 11.4. The van der Waals surface area contributed by atoms with Gasteiger partial charge in [-0.2, -0.15) is 0 Å². The van der Waals surface area contributed by atoms with Gasteiger partial charge in [0.05, 0.1) is 13.2 Å². The van der Waals surface area contributed by atoms with Crippen LogP contribution >= 0.6 is 0 Å². The summed E-state index contributed by atoms with van der Waals surface area (Å²) in [4.78, 5) is 0. The average molecular weight is 448 g/mol. The summed E-state index contributed by atoms with van der Waals surface area (Å²) in [6, 6.07) is 21.1. The standard InChI is InChI=1S/C27H33N3O3/c28-10-3-12-30-26-7-2-1-6-24(26)25-9-8-20(18-27(25)30)21-16-22(32-14-4-11-29)19-23(17-21)33-15-5-13-31/h1-2,6-9,16-19,31H,3-5,10-15,28-29H2. The fraction of sp³-hybridized carbons (Fsp3) is 0.333. The van der Waals surface area contributed by atoms with E-state index in [-0.39, 0.29) is 6.61 Å². The van der Waals surface area contributed by atoms with E-state index < -0.39 is 0 Å². The van der Waals surface area contributed by atoms with Crippen LogP contribution in [0, 0.1) is 0 Å². The smallest absolute Gasteiger partial charge is 0.123 e. The number of benzene rings is 3. The van der Waals surface area contributed by atoms with Gasteiger partial charge in [-0.1, -0.05) is 30.3 Å². The molecule has 0 fully saturated rings. The molecule has 0 aliphatic heterocycles. The van der Waals surface area contributed by atoms with E-state index in [1.54, 1.807) is 0 Å². The van der Waals surface area contributed by atoms with Crippen molar-refractivity contribution >= 4 is 21.8 Å². The summed E-state index contributed by atoms with van der Waals surface area (Å²) in [7, 11) is 0. The van der Waals surface area contributed by atoms with Gasteiger partial charge < -0.3 is 30.6 Å². The molecule has 6 heteroatoms. The molecule has 0 saturated heterocycles. The second-order valence-electron chi connectivity index (χ2n) is 8.15. The fourth-order valence-electron chi connectivity index (χ4n) is 4.15. The van der Waals surface area contributed by atoms with Gasteiger partial charge in [0.1, 0.15) is 11.5 Å². The van der Waals surface area contributed by atoms with Gasteiger partial charge in [-0.15, -0.1) is 0 Å². The van der Waals surface area contributed by atoms with Crippen molar-refractivity contribution in [3.05, 3.63) is 60.7 Å². The molecule has 174 valence electrons. The quantitative estimate of drug-likeness (QED) is 0.282. The summed E-state index contributed by atoms with van der Waals surface area (Å²) in [5.41, 5.74) is 16.0. The molecule has 0 aliphatic carbocycles. The molecule has 0 saturated carbocycles. The molecule has 0 unspecified atom stereocenters. The maximum Gasteiger partial charge on any atom is 0.123 e. The van der Waals surface area contributed by atoms with Gasteiger partial charge in [0.2, 0.25) is 0 Å². The number of ether oxygens (including phenoxy) is 2. The van der Waals surface area contributed by atoms with Gasteiger partial charge in [0, 0.05) is 47.4 Å². The number of hydrogen-bond donors (Lipinski definition) is 3. The zero-order valence-electron chi connectivity index (χ0n) is 19.0. The highest BCUT2D eigenvalue weighted by Gasteiger charge is 2.13. The van der Waals surface area contributed by atoms with Gasteiger partial charge in [0.15, 0.2) is 0 Å². The second kappa shape index (κ2) is 11.2. The fourth-order valence-corrected chi connectivity index (χ4v) is 4.15. The van der Waals surface area contributed by atoms with Crippen molar-refractivity contribution in [2.75, 3.05) is 32.9 Å². The third-order valence-electron chi connectivity index (χ3n) is 5.76. The number of fused-ring (bicyclic) bond motifs is 3. The number of hydrogen-bond acceptors (Lipinski definition) is 5. The van der Waals surface area contributed by atoms with E-state index in [0.717, 1.165) is 42.0 Å². The average Bonchev–Trinajstić information content (AvgIpc) is 3.16. The molecule has 0 amide bonds. The Kier molecular flexibility index (Phi) is 7.83. The van der Waals surface area contributed by atoms with Crippen LogP contribution in [0.1, 0.15) is 19.3 Å². The lowest BCUT2D eigenvalue weighted by atomic mass is 10.0. The molecule has 0 radical (unpaired) electrons. The molecule has 33 heavy (non-hydrogen) atoms. The summed E-state index contributed by atoms with van der Waals surface area (Å²) >= 11 is 0. The van der Waals surface area contributed by atoms with Crippen molar-refractivity contribution in [3.63, 3.8) is 0 Å². The van der Waals surface area contributed by atoms with Crippen molar-refractivity contribution in [2.24, 2.45) is 11.5 Å². The van der Waals surface area contributed by atoms with E-state index in [1.807, 2.05) is 18.2 Å². The first-order chi connectivity index (χ1) is 16.2. The van der Waals surface area contributed by atoms with E-state index in [0.29, 0.717) is 32.7 Å². The highest BCUT2D eigenvalue weighted by atomic mass is 16.5. The lowest BCUT2D eigenvalue weighted by molar-refractivity contribution is 0.232. The van der Waals surface area contributed by atoms with Crippen molar-refractivity contribution in [3.8, 4) is 22.6 Å². The van der Waals surface area contributed by atoms with E-state index >= 15 is 0 Å². The van der Waals surface area contributed by atoms with Crippen LogP contribution in [0.25, 0.3) is 32.9 Å². The zero-order valence-corrected chi connectivity index (χ0v) is 19.0. The van der Waals surface area contributed by atoms with Crippen LogP contribution in [0.2, 0.25) is 0 Å². The molecule has 0 bridgehead atoms. The van der Waals surface area contributed by atoms with Gasteiger partial charge in [-0.3, -0.25) is 0 Å². The SMILES string of the molecule is NCCCOc1cc(OCCCO)cc(-c2ccc3c4ccccc4n(CCCN)c3c2)c1. The maximum absolute atomic E-state index is 9.10. The van der Waals surface area contributed by atoms with Crippen molar-refractivity contribution < 1.29 is 14.6 Å². The largest absolute Gasteiger partial charge is 0.493 e. The number of aliphatic hydroxyl groups is 1. The number of nitrogens with two attached hydrogens (primary N) is 2. The molecule has 0 spiro atoms. The molecule has 6 nitrogen and oxygen atoms in total. The Bertz CT molecular complexity index is 1170. The maximum atomic E-state index is 9.10. The Morgan fingerprint density at radius 2 is 1.39 bits per heavy atom. The zero-order chi connectivity index (χ0) is 23.0. The lowest BCUT2D eigenvalue weighted by Crippen LogP contribution is -2.06. The molecule has 1 aromatic heterocycles. The Morgan fingerprint density at radius 1 is 0.697 bits per heavy atom. The third-order valence-corrected chi connectivity index (χ3v) is 5.76. The van der Waals surface area contributed by atoms with Gasteiger partial charge in [-0.05, 0) is 61.3 Å². The minimum absolute atomic E-state index is 0.101. The van der Waals surface area contributed by atoms with E-state index in [9.17, 15) is 0 Å². The number of rotatable bonds is 12. The van der Waals surface area contributed by atoms with Crippen molar-refractivity contribution in [2.45, 2.75) is 25.8 Å². The number of aliphatic hydroxyl groups excluding tert-OH is 1. The monoisotopic (exact) mass is 447 g/mol. The molecular weight excluding hydrogens is 414 g/mol. The summed E-state index contributed by atoms with van der Waals surface area (Å²) in [6.07, 6.45) is 2.30. The molecule has 0 atom stereocenters. The molecule has 3 aromatic carbocycles. The topological polar surface area (TPSA) is 95.7 Å². The summed E-state index contributed by atoms with van der Waals surface area (Å²) < 4.78 is 14.2. The van der Waals surface area contributed by atoms with Gasteiger partial charge in [0.25, 0.3) is 0 Å². The summed E-state index contributed by atoms with van der Waals surface area (Å²) in [5.74, 6) is 1.48. The Morgan fingerprint density at radius 3 is 2.12 bits per heavy atom. The third kappa shape index (κ3) is 5.30. The first-order valence-electron chi connectivity index (χ1n) is 11.7. The number of para-hydroxylation sites is 1. The van der Waals surface area contributed by atoms with Gasteiger partial charge >= 0.3 is 0 Å². The highest BCUT2D eigenvalue weighted by molar-refractivity contribution is 6.09. The van der Waals surface area contributed by atoms with E-state index in [2.05, 4.69) is 47.0 Å². The van der Waals surface area contributed by atoms with E-state index in [4.69, 9.17) is 26.0 Å². The van der Waals surface area contributed by atoms with Crippen molar-refractivity contribution in [1.29, 1.82) is 0 Å². The predicted molar refractivity (Wildman–Crippen MR) is 135 cm³/mol. The minimum atomic E-state index is 0.101. The van der Waals surface area contributed by atoms with Gasteiger partial charge in [-0.25, -0.2) is 0 Å². The van der Waals surface area contributed by atoms with Crippen LogP contribution in [0.3, 0.4) is 0 Å². The minimum Gasteiger partial charge on any atom is -0.493 e. The van der Waals surface area contributed by atoms with Crippen LogP contribution in [0.4, 0.5) is 0 Å². The predicted octanol–water partition coefficient (Wildman–Crippen LogP) is 4.30. The first kappa shape index (κ1) is 23.1. The van der Waals surface area contributed by atoms with Crippen LogP contribution in [-0.4, -0.2) is 42.6 Å². The van der Waals surface area contributed by atoms with Crippen LogP contribution in [0.15, 0.2) is 60.7 Å². The number of aromatic nitrogens is 1. The second-order valence-corrected chi connectivity index (χ2v) is 8.15.